The molecule has 176 valence electrons. The Balaban J connectivity index is 1.60. The number of alkyl halides is 3. The monoisotopic (exact) mass is 461 g/mol. The van der Waals surface area contributed by atoms with Crippen molar-refractivity contribution < 1.29 is 22.7 Å². The first-order chi connectivity index (χ1) is 15.7. The summed E-state index contributed by atoms with van der Waals surface area (Å²) in [5, 5.41) is 13.2. The predicted molar refractivity (Wildman–Crippen MR) is 115 cm³/mol. The van der Waals surface area contributed by atoms with Gasteiger partial charge in [-0.1, -0.05) is 0 Å². The van der Waals surface area contributed by atoms with Crippen LogP contribution in [-0.2, 0) is 18.0 Å². The van der Waals surface area contributed by atoms with E-state index in [0.717, 1.165) is 6.07 Å². The van der Waals surface area contributed by atoms with Crippen molar-refractivity contribution in [1.29, 1.82) is 5.26 Å². The van der Waals surface area contributed by atoms with E-state index in [1.807, 2.05) is 11.8 Å². The Bertz CT molecular complexity index is 1080. The molecule has 2 aliphatic rings. The number of rotatable bonds is 5. The molecule has 0 bridgehead atoms. The summed E-state index contributed by atoms with van der Waals surface area (Å²) in [4.78, 5) is 16.8. The van der Waals surface area contributed by atoms with E-state index in [-0.39, 0.29) is 22.8 Å². The van der Waals surface area contributed by atoms with Crippen LogP contribution in [0.4, 0.5) is 18.9 Å². The predicted octanol–water partition coefficient (Wildman–Crippen LogP) is 3.32. The van der Waals surface area contributed by atoms with Crippen molar-refractivity contribution in [3.8, 4) is 6.07 Å². The number of hydrogen-bond acceptors (Lipinski definition) is 5. The molecule has 2 fully saturated rings. The molecule has 7 nitrogen and oxygen atoms in total. The molecule has 0 spiro atoms. The summed E-state index contributed by atoms with van der Waals surface area (Å²) in [6, 6.07) is 7.17. The van der Waals surface area contributed by atoms with Crippen LogP contribution in [-0.4, -0.2) is 60.0 Å². The van der Waals surface area contributed by atoms with Gasteiger partial charge in [-0.3, -0.25) is 9.48 Å². The van der Waals surface area contributed by atoms with E-state index in [1.165, 1.54) is 6.07 Å². The minimum absolute atomic E-state index is 0.0416. The second-order valence-electron chi connectivity index (χ2n) is 8.76. The topological polar surface area (TPSA) is 74.4 Å². The number of hydrogen-bond donors (Lipinski definition) is 0. The number of piperidine rings is 1. The molecule has 33 heavy (non-hydrogen) atoms. The highest BCUT2D eigenvalue weighted by Crippen LogP contribution is 2.45. The van der Waals surface area contributed by atoms with Crippen LogP contribution in [0.1, 0.15) is 35.0 Å². The molecule has 1 aromatic heterocycles. The first-order valence-electron chi connectivity index (χ1n) is 10.9. The van der Waals surface area contributed by atoms with Crippen LogP contribution in [0.3, 0.4) is 0 Å². The Kier molecular flexibility index (Phi) is 6.10. The molecule has 2 aromatic rings. The number of fused-ring (bicyclic) bond motifs is 1. The van der Waals surface area contributed by atoms with Crippen LogP contribution in [0.15, 0.2) is 30.5 Å². The largest absolute Gasteiger partial charge is 0.417 e. The third kappa shape index (κ3) is 4.29. The van der Waals surface area contributed by atoms with E-state index >= 15 is 0 Å². The summed E-state index contributed by atoms with van der Waals surface area (Å²) in [6.45, 7) is 5.02. The molecule has 4 rings (SSSR count). The molecule has 0 unspecified atom stereocenters. The molecular formula is C23H26F3N5O2. The van der Waals surface area contributed by atoms with E-state index in [9.17, 15) is 18.0 Å². The molecule has 10 heteroatoms. The van der Waals surface area contributed by atoms with Gasteiger partial charge in [0.2, 0.25) is 0 Å². The first kappa shape index (κ1) is 23.1. The average molecular weight is 461 g/mol. The second-order valence-corrected chi connectivity index (χ2v) is 8.76. The third-order valence-corrected chi connectivity index (χ3v) is 6.85. The maximum atomic E-state index is 13.5. The van der Waals surface area contributed by atoms with Crippen molar-refractivity contribution in [3.63, 3.8) is 0 Å². The number of anilines is 1. The lowest BCUT2D eigenvalue weighted by Crippen LogP contribution is -2.51. The number of carbonyl (C=O) groups is 1. The highest BCUT2D eigenvalue weighted by Gasteiger charge is 2.51. The quantitative estimate of drug-likeness (QED) is 0.683. The molecule has 0 aliphatic carbocycles. The summed E-state index contributed by atoms with van der Waals surface area (Å²) < 4.78 is 47.9. The molecule has 0 radical (unpaired) electrons. The van der Waals surface area contributed by atoms with Crippen molar-refractivity contribution >= 4 is 11.6 Å². The Morgan fingerprint density at radius 2 is 2.12 bits per heavy atom. The lowest BCUT2D eigenvalue weighted by atomic mass is 9.73. The van der Waals surface area contributed by atoms with Crippen molar-refractivity contribution in [3.05, 3.63) is 47.3 Å². The zero-order valence-corrected chi connectivity index (χ0v) is 18.6. The van der Waals surface area contributed by atoms with Crippen LogP contribution in [0.5, 0.6) is 0 Å². The molecule has 2 atom stereocenters. The Labute approximate surface area is 190 Å². The molecule has 1 aromatic carbocycles. The molecular weight excluding hydrogens is 435 g/mol. The zero-order valence-electron chi connectivity index (χ0n) is 18.6. The smallest absolute Gasteiger partial charge is 0.381 e. The fourth-order valence-electron chi connectivity index (χ4n) is 5.01. The zero-order chi connectivity index (χ0) is 23.8. The first-order valence-corrected chi connectivity index (χ1v) is 10.9. The number of amides is 1. The number of nitriles is 1. The Morgan fingerprint density at radius 3 is 2.76 bits per heavy atom. The normalized spacial score (nSPS) is 22.8. The van der Waals surface area contributed by atoms with Gasteiger partial charge in [0.1, 0.15) is 5.69 Å². The highest BCUT2D eigenvalue weighted by atomic mass is 19.4. The number of benzene rings is 1. The van der Waals surface area contributed by atoms with Crippen LogP contribution in [0, 0.1) is 22.7 Å². The number of ether oxygens (including phenoxy) is 1. The van der Waals surface area contributed by atoms with Gasteiger partial charge in [-0.05, 0) is 37.6 Å². The molecule has 0 N–H and O–H groups in total. The minimum atomic E-state index is -4.61. The van der Waals surface area contributed by atoms with Crippen molar-refractivity contribution in [1.82, 2.24) is 14.7 Å². The number of nitrogens with zero attached hydrogens (tertiary/aromatic N) is 5. The number of aryl methyl sites for hydroxylation is 1. The minimum Gasteiger partial charge on any atom is -0.381 e. The van der Waals surface area contributed by atoms with Gasteiger partial charge in [0.15, 0.2) is 0 Å². The SMILES string of the molecule is CCOC[C@@]12CCN(C(=O)c3ccnn3C)C[C@@H]1CN(c1ccc(C#N)c(C(F)(F)F)c1)C2. The molecule has 0 saturated carbocycles. The maximum absolute atomic E-state index is 13.5. The fraction of sp³-hybridized carbons (Fsp3) is 0.522. The Hall–Kier alpha value is -3.06. The van der Waals surface area contributed by atoms with Gasteiger partial charge >= 0.3 is 6.18 Å². The van der Waals surface area contributed by atoms with E-state index < -0.39 is 11.7 Å². The van der Waals surface area contributed by atoms with Gasteiger partial charge in [0.25, 0.3) is 5.91 Å². The summed E-state index contributed by atoms with van der Waals surface area (Å²) in [6.07, 6.45) is -2.33. The van der Waals surface area contributed by atoms with E-state index in [0.29, 0.717) is 57.2 Å². The number of likely N-dealkylation sites (tertiary alicyclic amines) is 1. The van der Waals surface area contributed by atoms with Gasteiger partial charge in [-0.15, -0.1) is 0 Å². The van der Waals surface area contributed by atoms with E-state index in [2.05, 4.69) is 5.10 Å². The summed E-state index contributed by atoms with van der Waals surface area (Å²) in [7, 11) is 1.72. The van der Waals surface area contributed by atoms with Crippen molar-refractivity contribution in [2.24, 2.45) is 18.4 Å². The Morgan fingerprint density at radius 1 is 1.33 bits per heavy atom. The molecule has 2 aliphatic heterocycles. The van der Waals surface area contributed by atoms with Gasteiger partial charge in [-0.25, -0.2) is 0 Å². The summed E-state index contributed by atoms with van der Waals surface area (Å²) in [5.74, 6) is -0.0591. The lowest BCUT2D eigenvalue weighted by Gasteiger charge is -2.43. The average Bonchev–Trinajstić information content (AvgIpc) is 3.39. The van der Waals surface area contributed by atoms with E-state index in [1.54, 1.807) is 41.0 Å². The van der Waals surface area contributed by atoms with Crippen molar-refractivity contribution in [2.75, 3.05) is 44.3 Å². The second kappa shape index (κ2) is 8.71. The maximum Gasteiger partial charge on any atom is 0.417 e. The summed E-state index contributed by atoms with van der Waals surface area (Å²) >= 11 is 0. The van der Waals surface area contributed by atoms with Crippen LogP contribution in [0.2, 0.25) is 0 Å². The number of aromatic nitrogens is 2. The molecule has 2 saturated heterocycles. The standard InChI is InChI=1S/C23H26F3N5O2/c1-3-33-15-22-7-9-30(21(32)20-6-8-28-29(20)2)12-17(22)13-31(14-22)18-5-4-16(11-27)19(10-18)23(24,25)26/h4-6,8,10,17H,3,7,9,12-15H2,1-2H3/t17-,22+/m1/s1. The van der Waals surface area contributed by atoms with Gasteiger partial charge in [-0.2, -0.15) is 23.5 Å². The third-order valence-electron chi connectivity index (χ3n) is 6.85. The summed E-state index contributed by atoms with van der Waals surface area (Å²) in [5.41, 5.74) is -0.643. The van der Waals surface area contributed by atoms with Crippen LogP contribution < -0.4 is 4.90 Å². The molecule has 3 heterocycles. The highest BCUT2D eigenvalue weighted by molar-refractivity contribution is 5.92. The number of carbonyl (C=O) groups excluding carboxylic acids is 1. The van der Waals surface area contributed by atoms with Crippen LogP contribution in [0.25, 0.3) is 0 Å². The fourth-order valence-corrected chi connectivity index (χ4v) is 5.01. The number of halogens is 3. The van der Waals surface area contributed by atoms with E-state index in [4.69, 9.17) is 10.00 Å². The lowest BCUT2D eigenvalue weighted by molar-refractivity contribution is -0.137. The van der Waals surface area contributed by atoms with Gasteiger partial charge in [0, 0.05) is 63.1 Å². The molecule has 1 amide bonds. The van der Waals surface area contributed by atoms with Crippen molar-refractivity contribution in [2.45, 2.75) is 19.5 Å². The van der Waals surface area contributed by atoms with Gasteiger partial charge in [0.05, 0.1) is 23.8 Å². The van der Waals surface area contributed by atoms with Gasteiger partial charge < -0.3 is 14.5 Å². The van der Waals surface area contributed by atoms with Crippen LogP contribution >= 0.6 is 0 Å².